The number of ether oxygens (including phenoxy) is 2. The van der Waals surface area contributed by atoms with Gasteiger partial charge in [-0.2, -0.15) is 0 Å². The van der Waals surface area contributed by atoms with Crippen LogP contribution in [0.2, 0.25) is 0 Å². The lowest BCUT2D eigenvalue weighted by molar-refractivity contribution is -0.122. The molecule has 2 saturated heterocycles. The smallest absolute Gasteiger partial charge is 0.237 e. The number of hydrogen-bond donors (Lipinski definition) is 2. The Morgan fingerprint density at radius 3 is 2.79 bits per heavy atom. The highest BCUT2D eigenvalue weighted by Crippen LogP contribution is 2.10. The van der Waals surface area contributed by atoms with Gasteiger partial charge in [-0.05, 0) is 38.6 Å². The minimum absolute atomic E-state index is 0. The summed E-state index contributed by atoms with van der Waals surface area (Å²) in [4.78, 5) is 11.7. The highest BCUT2D eigenvalue weighted by atomic mass is 35.5. The van der Waals surface area contributed by atoms with Crippen LogP contribution in [0.4, 0.5) is 0 Å². The first-order valence-corrected chi connectivity index (χ1v) is 7.07. The summed E-state index contributed by atoms with van der Waals surface area (Å²) in [6.45, 7) is 4.03. The lowest BCUT2D eigenvalue weighted by atomic mass is 10.1. The molecule has 2 fully saturated rings. The van der Waals surface area contributed by atoms with E-state index in [0.717, 1.165) is 58.5 Å². The van der Waals surface area contributed by atoms with Gasteiger partial charge in [0.05, 0.1) is 12.1 Å². The molecule has 112 valence electrons. The molecule has 0 saturated carbocycles. The van der Waals surface area contributed by atoms with Crippen LogP contribution in [0.5, 0.6) is 0 Å². The normalized spacial score (nSPS) is 23.9. The SMILES string of the molecule is Cl.O=C(NCCCOC1CCOCC1)C1CCCN1. The Morgan fingerprint density at radius 2 is 2.11 bits per heavy atom. The van der Waals surface area contributed by atoms with E-state index >= 15 is 0 Å². The van der Waals surface area contributed by atoms with Crippen LogP contribution in [0.1, 0.15) is 32.1 Å². The molecule has 0 aromatic rings. The molecule has 1 atom stereocenters. The maximum Gasteiger partial charge on any atom is 0.237 e. The Morgan fingerprint density at radius 1 is 1.32 bits per heavy atom. The summed E-state index contributed by atoms with van der Waals surface area (Å²) in [5.74, 6) is 0.138. The van der Waals surface area contributed by atoms with E-state index in [1.54, 1.807) is 0 Å². The largest absolute Gasteiger partial charge is 0.381 e. The summed E-state index contributed by atoms with van der Waals surface area (Å²) in [5.41, 5.74) is 0. The van der Waals surface area contributed by atoms with E-state index in [9.17, 15) is 4.79 Å². The van der Waals surface area contributed by atoms with Gasteiger partial charge in [0, 0.05) is 26.4 Å². The van der Waals surface area contributed by atoms with Crippen molar-refractivity contribution in [1.82, 2.24) is 10.6 Å². The van der Waals surface area contributed by atoms with Crippen LogP contribution in [-0.2, 0) is 14.3 Å². The lowest BCUT2D eigenvalue weighted by Crippen LogP contribution is -2.41. The van der Waals surface area contributed by atoms with Gasteiger partial charge >= 0.3 is 0 Å². The van der Waals surface area contributed by atoms with E-state index in [4.69, 9.17) is 9.47 Å². The van der Waals surface area contributed by atoms with Crippen LogP contribution in [0.15, 0.2) is 0 Å². The molecule has 0 bridgehead atoms. The van der Waals surface area contributed by atoms with Crippen LogP contribution in [0, 0.1) is 0 Å². The minimum atomic E-state index is 0. The number of carbonyl (C=O) groups excluding carboxylic acids is 1. The maximum atomic E-state index is 11.7. The predicted molar refractivity (Wildman–Crippen MR) is 75.7 cm³/mol. The van der Waals surface area contributed by atoms with Crippen LogP contribution < -0.4 is 10.6 Å². The highest BCUT2D eigenvalue weighted by molar-refractivity contribution is 5.85. The Balaban J connectivity index is 0.00000180. The minimum Gasteiger partial charge on any atom is -0.381 e. The molecular formula is C13H25ClN2O3. The van der Waals surface area contributed by atoms with Gasteiger partial charge < -0.3 is 20.1 Å². The first-order valence-electron chi connectivity index (χ1n) is 7.07. The van der Waals surface area contributed by atoms with Gasteiger partial charge in [0.2, 0.25) is 5.91 Å². The molecule has 2 aliphatic rings. The van der Waals surface area contributed by atoms with Gasteiger partial charge in [0.25, 0.3) is 0 Å². The first kappa shape index (κ1) is 16.7. The third-order valence-electron chi connectivity index (χ3n) is 3.52. The second-order valence-electron chi connectivity index (χ2n) is 4.98. The average Bonchev–Trinajstić information content (AvgIpc) is 2.93. The Hall–Kier alpha value is -0.360. The summed E-state index contributed by atoms with van der Waals surface area (Å²) in [6, 6.07) is 0.0291. The monoisotopic (exact) mass is 292 g/mol. The van der Waals surface area contributed by atoms with E-state index in [0.29, 0.717) is 12.6 Å². The molecule has 0 aromatic heterocycles. The molecule has 2 aliphatic heterocycles. The maximum absolute atomic E-state index is 11.7. The fourth-order valence-corrected chi connectivity index (χ4v) is 2.41. The topological polar surface area (TPSA) is 59.6 Å². The van der Waals surface area contributed by atoms with Crippen molar-refractivity contribution in [3.8, 4) is 0 Å². The van der Waals surface area contributed by atoms with E-state index in [2.05, 4.69) is 10.6 Å². The Labute approximate surface area is 121 Å². The zero-order chi connectivity index (χ0) is 12.6. The quantitative estimate of drug-likeness (QED) is 0.713. The van der Waals surface area contributed by atoms with Gasteiger partial charge in [-0.3, -0.25) is 4.79 Å². The molecule has 1 unspecified atom stereocenters. The van der Waals surface area contributed by atoms with Crippen molar-refractivity contribution in [1.29, 1.82) is 0 Å². The Kier molecular flexibility index (Phi) is 8.37. The molecule has 0 spiro atoms. The van der Waals surface area contributed by atoms with Crippen molar-refractivity contribution >= 4 is 18.3 Å². The molecule has 0 radical (unpaired) electrons. The van der Waals surface area contributed by atoms with Crippen LogP contribution in [0.25, 0.3) is 0 Å². The molecule has 2 heterocycles. The number of amides is 1. The molecule has 6 heteroatoms. The van der Waals surface area contributed by atoms with Crippen molar-refractivity contribution in [2.45, 2.75) is 44.2 Å². The average molecular weight is 293 g/mol. The molecular weight excluding hydrogens is 268 g/mol. The molecule has 0 aromatic carbocycles. The highest BCUT2D eigenvalue weighted by Gasteiger charge is 2.21. The fraction of sp³-hybridized carbons (Fsp3) is 0.923. The van der Waals surface area contributed by atoms with Gasteiger partial charge in [-0.1, -0.05) is 0 Å². The van der Waals surface area contributed by atoms with Crippen molar-refractivity contribution < 1.29 is 14.3 Å². The van der Waals surface area contributed by atoms with Gasteiger partial charge in [-0.25, -0.2) is 0 Å². The Bertz CT molecular complexity index is 254. The summed E-state index contributed by atoms with van der Waals surface area (Å²) in [7, 11) is 0. The summed E-state index contributed by atoms with van der Waals surface area (Å²) in [6.07, 6.45) is 5.30. The van der Waals surface area contributed by atoms with Gasteiger partial charge in [-0.15, -0.1) is 12.4 Å². The summed E-state index contributed by atoms with van der Waals surface area (Å²) < 4.78 is 11.0. The van der Waals surface area contributed by atoms with E-state index < -0.39 is 0 Å². The van der Waals surface area contributed by atoms with Crippen LogP contribution in [-0.4, -0.2) is 51.0 Å². The molecule has 1 amide bonds. The molecule has 5 nitrogen and oxygen atoms in total. The third-order valence-corrected chi connectivity index (χ3v) is 3.52. The molecule has 19 heavy (non-hydrogen) atoms. The van der Waals surface area contributed by atoms with Crippen LogP contribution >= 0.6 is 12.4 Å². The van der Waals surface area contributed by atoms with E-state index in [1.807, 2.05) is 0 Å². The summed E-state index contributed by atoms with van der Waals surface area (Å²) in [5, 5.41) is 6.15. The van der Waals surface area contributed by atoms with Gasteiger partial charge in [0.1, 0.15) is 0 Å². The zero-order valence-electron chi connectivity index (χ0n) is 11.4. The lowest BCUT2D eigenvalue weighted by Gasteiger charge is -2.22. The third kappa shape index (κ3) is 6.08. The molecule has 2 N–H and O–H groups in total. The number of nitrogens with one attached hydrogen (secondary N) is 2. The van der Waals surface area contributed by atoms with Gasteiger partial charge in [0.15, 0.2) is 0 Å². The number of hydrogen-bond acceptors (Lipinski definition) is 4. The number of rotatable bonds is 6. The second kappa shape index (κ2) is 9.53. The van der Waals surface area contributed by atoms with Crippen molar-refractivity contribution in [2.24, 2.45) is 0 Å². The number of carbonyl (C=O) groups is 1. The fourth-order valence-electron chi connectivity index (χ4n) is 2.41. The summed E-state index contributed by atoms with van der Waals surface area (Å²) >= 11 is 0. The van der Waals surface area contributed by atoms with E-state index in [-0.39, 0.29) is 24.4 Å². The zero-order valence-corrected chi connectivity index (χ0v) is 12.2. The number of halogens is 1. The second-order valence-corrected chi connectivity index (χ2v) is 4.98. The van der Waals surface area contributed by atoms with Crippen molar-refractivity contribution in [2.75, 3.05) is 32.9 Å². The predicted octanol–water partition coefficient (Wildman–Crippen LogP) is 0.862. The standard InChI is InChI=1S/C13H24N2O3.ClH/c16-13(12-3-1-6-14-12)15-7-2-8-18-11-4-9-17-10-5-11;/h11-12,14H,1-10H2,(H,15,16);1H. The molecule has 0 aliphatic carbocycles. The van der Waals surface area contributed by atoms with E-state index in [1.165, 1.54) is 0 Å². The van der Waals surface area contributed by atoms with Crippen molar-refractivity contribution in [3.05, 3.63) is 0 Å². The first-order chi connectivity index (χ1) is 8.86. The van der Waals surface area contributed by atoms with Crippen LogP contribution in [0.3, 0.4) is 0 Å². The molecule has 2 rings (SSSR count). The van der Waals surface area contributed by atoms with Crippen molar-refractivity contribution in [3.63, 3.8) is 0 Å².